The Bertz CT molecular complexity index is 1020. The normalized spacial score (nSPS) is 14.8. The number of H-pyrrole nitrogens is 1. The predicted molar refractivity (Wildman–Crippen MR) is 121 cm³/mol. The van der Waals surface area contributed by atoms with E-state index in [2.05, 4.69) is 55.1 Å². The average molecular weight is 469 g/mol. The number of aromatic amines is 1. The minimum atomic E-state index is 0.213. The van der Waals surface area contributed by atoms with Crippen molar-refractivity contribution in [3.05, 3.63) is 47.9 Å². The van der Waals surface area contributed by atoms with E-state index in [1.807, 2.05) is 11.8 Å². The Balaban J connectivity index is 1.54. The van der Waals surface area contributed by atoms with Crippen LogP contribution in [0.2, 0.25) is 0 Å². The molecule has 0 saturated carbocycles. The molecule has 3 N–H and O–H groups in total. The summed E-state index contributed by atoms with van der Waals surface area (Å²) in [7, 11) is 0. The second kappa shape index (κ2) is 8.95. The first-order valence-electron chi connectivity index (χ1n) is 10.2. The number of hydrogen-bond donors (Lipinski definition) is 2. The maximum atomic E-state index is 11.9. The number of carbonyl (C=O) groups excluding carboxylic acids is 1. The van der Waals surface area contributed by atoms with Crippen molar-refractivity contribution < 1.29 is 4.79 Å². The van der Waals surface area contributed by atoms with Crippen molar-refractivity contribution in [3.8, 4) is 22.8 Å². The van der Waals surface area contributed by atoms with Gasteiger partial charge in [-0.3, -0.25) is 4.79 Å². The number of hydrogen-bond acceptors (Lipinski definition) is 5. The highest BCUT2D eigenvalue weighted by Crippen LogP contribution is 2.30. The second-order valence-corrected chi connectivity index (χ2v) is 8.07. The fourth-order valence-electron chi connectivity index (χ4n) is 3.79. The fraction of sp³-hybridized carbons (Fsp3) is 0.364. The first-order chi connectivity index (χ1) is 14.6. The van der Waals surface area contributed by atoms with Crippen LogP contribution in [0.5, 0.6) is 0 Å². The summed E-state index contributed by atoms with van der Waals surface area (Å²) in [6.07, 6.45) is 5.86. The molecule has 3 aromatic rings. The van der Waals surface area contributed by atoms with Gasteiger partial charge < -0.3 is 15.6 Å². The van der Waals surface area contributed by atoms with Gasteiger partial charge in [0, 0.05) is 30.8 Å². The summed E-state index contributed by atoms with van der Waals surface area (Å²) in [6, 6.07) is 8.28. The Morgan fingerprint density at radius 1 is 1.20 bits per heavy atom. The predicted octanol–water partition coefficient (Wildman–Crippen LogP) is 4.13. The molecular weight excluding hydrogens is 444 g/mol. The number of nitrogen functional groups attached to an aromatic ring is 1. The monoisotopic (exact) mass is 468 g/mol. The number of nitrogens with zero attached hydrogens (tertiary/aromatic N) is 4. The summed E-state index contributed by atoms with van der Waals surface area (Å²) < 4.78 is 0. The number of benzene rings is 1. The van der Waals surface area contributed by atoms with Crippen LogP contribution in [0, 0.1) is 0 Å². The highest BCUT2D eigenvalue weighted by Gasteiger charge is 2.25. The molecule has 30 heavy (non-hydrogen) atoms. The van der Waals surface area contributed by atoms with Crippen molar-refractivity contribution in [2.75, 3.05) is 18.8 Å². The van der Waals surface area contributed by atoms with Crippen molar-refractivity contribution in [2.45, 2.75) is 37.4 Å². The van der Waals surface area contributed by atoms with Crippen LogP contribution < -0.4 is 5.73 Å². The van der Waals surface area contributed by atoms with Crippen LogP contribution in [0.1, 0.15) is 43.4 Å². The van der Waals surface area contributed by atoms with Crippen LogP contribution in [-0.2, 0) is 10.1 Å². The number of carbonyl (C=O) groups is 1. The summed E-state index contributed by atoms with van der Waals surface area (Å²) in [5.41, 5.74) is 10.8. The molecule has 8 heteroatoms. The lowest BCUT2D eigenvalue weighted by molar-refractivity contribution is -0.131. The lowest BCUT2D eigenvalue weighted by Gasteiger charge is -2.31. The van der Waals surface area contributed by atoms with Crippen molar-refractivity contribution >= 4 is 27.7 Å². The van der Waals surface area contributed by atoms with Crippen molar-refractivity contribution in [1.82, 2.24) is 24.8 Å². The largest absolute Gasteiger partial charge is 0.382 e. The molecule has 0 spiro atoms. The molecule has 1 saturated heterocycles. The standard InChI is InChI=1S/C22H25BrN6O/c1-2-19(30)29-9-7-16(8-10-29)17-12-25-21(24)20(27-17)22-26-13-18(28-22)15-5-3-14(11-23)4-6-15/h3-6,12-13,16H,2,7-11H2,1H3,(H2,24,25)(H,26,28). The van der Waals surface area contributed by atoms with E-state index < -0.39 is 0 Å². The molecule has 7 nitrogen and oxygen atoms in total. The van der Waals surface area contributed by atoms with E-state index >= 15 is 0 Å². The van der Waals surface area contributed by atoms with Crippen molar-refractivity contribution in [1.29, 1.82) is 0 Å². The van der Waals surface area contributed by atoms with E-state index in [4.69, 9.17) is 10.7 Å². The lowest BCUT2D eigenvalue weighted by Crippen LogP contribution is -2.37. The van der Waals surface area contributed by atoms with Gasteiger partial charge >= 0.3 is 0 Å². The first-order valence-corrected chi connectivity index (χ1v) is 11.3. The third-order valence-electron chi connectivity index (χ3n) is 5.61. The lowest BCUT2D eigenvalue weighted by atomic mass is 9.93. The zero-order valence-corrected chi connectivity index (χ0v) is 18.5. The Morgan fingerprint density at radius 3 is 2.60 bits per heavy atom. The highest BCUT2D eigenvalue weighted by molar-refractivity contribution is 9.08. The Labute approximate surface area is 184 Å². The molecule has 0 unspecified atom stereocenters. The van der Waals surface area contributed by atoms with Gasteiger partial charge in [-0.25, -0.2) is 15.0 Å². The maximum absolute atomic E-state index is 11.9. The second-order valence-electron chi connectivity index (χ2n) is 7.51. The van der Waals surface area contributed by atoms with Crippen molar-refractivity contribution in [2.24, 2.45) is 0 Å². The average Bonchev–Trinajstić information content (AvgIpc) is 3.29. The van der Waals surface area contributed by atoms with E-state index in [0.717, 1.165) is 48.2 Å². The summed E-state index contributed by atoms with van der Waals surface area (Å²) in [5.74, 6) is 1.45. The number of aromatic nitrogens is 4. The fourth-order valence-corrected chi connectivity index (χ4v) is 4.17. The topological polar surface area (TPSA) is 101 Å². The summed E-state index contributed by atoms with van der Waals surface area (Å²) in [4.78, 5) is 30.8. The molecule has 1 aliphatic rings. The van der Waals surface area contributed by atoms with E-state index in [1.54, 1.807) is 12.4 Å². The number of nitrogens with one attached hydrogen (secondary N) is 1. The molecule has 0 bridgehead atoms. The molecule has 2 aromatic heterocycles. The molecule has 0 aliphatic carbocycles. The zero-order valence-electron chi connectivity index (χ0n) is 16.9. The minimum absolute atomic E-state index is 0.213. The first kappa shape index (κ1) is 20.5. The summed E-state index contributed by atoms with van der Waals surface area (Å²) in [6.45, 7) is 3.42. The summed E-state index contributed by atoms with van der Waals surface area (Å²) in [5, 5.41) is 0.825. The van der Waals surface area contributed by atoms with Crippen LogP contribution in [0.25, 0.3) is 22.8 Å². The van der Waals surface area contributed by atoms with Gasteiger partial charge in [0.1, 0.15) is 5.69 Å². The van der Waals surface area contributed by atoms with Gasteiger partial charge in [0.15, 0.2) is 11.6 Å². The van der Waals surface area contributed by atoms with Gasteiger partial charge in [0.2, 0.25) is 5.91 Å². The van der Waals surface area contributed by atoms with Gasteiger partial charge in [0.05, 0.1) is 23.8 Å². The molecule has 0 radical (unpaired) electrons. The van der Waals surface area contributed by atoms with E-state index in [-0.39, 0.29) is 11.8 Å². The zero-order chi connectivity index (χ0) is 21.1. The third kappa shape index (κ3) is 4.23. The maximum Gasteiger partial charge on any atom is 0.222 e. The van der Waals surface area contributed by atoms with E-state index in [0.29, 0.717) is 23.8 Å². The number of rotatable bonds is 5. The Hall–Kier alpha value is -2.74. The van der Waals surface area contributed by atoms with Gasteiger partial charge in [-0.2, -0.15) is 0 Å². The molecule has 1 fully saturated rings. The Morgan fingerprint density at radius 2 is 1.93 bits per heavy atom. The third-order valence-corrected chi connectivity index (χ3v) is 6.25. The molecule has 1 aromatic carbocycles. The number of amides is 1. The summed E-state index contributed by atoms with van der Waals surface area (Å²) >= 11 is 3.47. The molecule has 3 heterocycles. The van der Waals surface area contributed by atoms with Crippen LogP contribution in [0.3, 0.4) is 0 Å². The smallest absolute Gasteiger partial charge is 0.222 e. The Kier molecular flexibility index (Phi) is 6.13. The molecule has 156 valence electrons. The molecule has 4 rings (SSSR count). The van der Waals surface area contributed by atoms with Crippen LogP contribution in [0.4, 0.5) is 5.82 Å². The number of piperidine rings is 1. The van der Waals surface area contributed by atoms with Crippen LogP contribution in [-0.4, -0.2) is 43.8 Å². The molecule has 0 atom stereocenters. The van der Waals surface area contributed by atoms with Crippen LogP contribution >= 0.6 is 15.9 Å². The van der Waals surface area contributed by atoms with Crippen LogP contribution in [0.15, 0.2) is 36.7 Å². The van der Waals surface area contributed by atoms with E-state index in [9.17, 15) is 4.79 Å². The number of imidazole rings is 1. The van der Waals surface area contributed by atoms with E-state index in [1.165, 1.54) is 5.56 Å². The molecular formula is C22H25BrN6O. The van der Waals surface area contributed by atoms with Gasteiger partial charge in [-0.15, -0.1) is 0 Å². The number of anilines is 1. The molecule has 1 amide bonds. The quantitative estimate of drug-likeness (QED) is 0.548. The highest BCUT2D eigenvalue weighted by atomic mass is 79.9. The number of alkyl halides is 1. The number of likely N-dealkylation sites (tertiary alicyclic amines) is 1. The minimum Gasteiger partial charge on any atom is -0.382 e. The van der Waals surface area contributed by atoms with Gasteiger partial charge in [-0.05, 0) is 24.0 Å². The van der Waals surface area contributed by atoms with Crippen molar-refractivity contribution in [3.63, 3.8) is 0 Å². The van der Waals surface area contributed by atoms with Gasteiger partial charge in [-0.1, -0.05) is 47.1 Å². The number of nitrogens with two attached hydrogens (primary N) is 1. The SMILES string of the molecule is CCC(=O)N1CCC(c2cnc(N)c(-c3ncc(-c4ccc(CBr)cc4)[nH]3)n2)CC1. The van der Waals surface area contributed by atoms with Gasteiger partial charge in [0.25, 0.3) is 0 Å². The number of halogens is 1. The molecule has 1 aliphatic heterocycles.